The molecule has 0 unspecified atom stereocenters. The lowest BCUT2D eigenvalue weighted by molar-refractivity contribution is 0.591. The van der Waals surface area contributed by atoms with Crippen LogP contribution in [0.15, 0.2) is 82.7 Å². The van der Waals surface area contributed by atoms with E-state index in [1.54, 1.807) is 36.4 Å². The maximum absolute atomic E-state index is 13.2. The molecule has 0 N–H and O–H groups in total. The van der Waals surface area contributed by atoms with Gasteiger partial charge in [0.25, 0.3) is 10.0 Å². The lowest BCUT2D eigenvalue weighted by Gasteiger charge is -2.29. The number of hydrogen-bond donors (Lipinski definition) is 0. The highest BCUT2D eigenvalue weighted by Crippen LogP contribution is 2.32. The Morgan fingerprint density at radius 3 is 2.30 bits per heavy atom. The van der Waals surface area contributed by atoms with Crippen LogP contribution in [0.2, 0.25) is 5.02 Å². The fourth-order valence-corrected chi connectivity index (χ4v) is 4.57. The van der Waals surface area contributed by atoms with Crippen molar-refractivity contribution >= 4 is 33.0 Å². The summed E-state index contributed by atoms with van der Waals surface area (Å²) in [7, 11) is -3.70. The minimum Gasteiger partial charge on any atom is -0.261 e. The van der Waals surface area contributed by atoms with Gasteiger partial charge in [0.05, 0.1) is 16.3 Å². The summed E-state index contributed by atoms with van der Waals surface area (Å²) in [5.74, 6) is 0. The number of sulfonamides is 1. The van der Waals surface area contributed by atoms with E-state index in [9.17, 15) is 8.42 Å². The van der Waals surface area contributed by atoms with E-state index in [0.717, 1.165) is 22.4 Å². The maximum Gasteiger partial charge on any atom is 0.265 e. The lowest BCUT2D eigenvalue weighted by atomic mass is 9.99. The molecule has 4 rings (SSSR count). The lowest BCUT2D eigenvalue weighted by Crippen LogP contribution is -2.35. The third kappa shape index (κ3) is 3.24. The summed E-state index contributed by atoms with van der Waals surface area (Å²) < 4.78 is 27.7. The van der Waals surface area contributed by atoms with Crippen LogP contribution in [0.25, 0.3) is 0 Å². The van der Waals surface area contributed by atoms with Crippen molar-refractivity contribution in [3.63, 3.8) is 0 Å². The molecule has 1 aliphatic heterocycles. The van der Waals surface area contributed by atoms with Crippen molar-refractivity contribution in [1.29, 1.82) is 0 Å². The molecule has 0 saturated carbocycles. The molecule has 0 aliphatic carbocycles. The van der Waals surface area contributed by atoms with E-state index in [0.29, 0.717) is 10.7 Å². The SMILES string of the molecule is Cc1ccc(S(=O)(=O)N2CN=C(c3ccc(Cl)cc3)c3ccccc32)cc1. The molecule has 4 nitrogen and oxygen atoms in total. The van der Waals surface area contributed by atoms with Gasteiger partial charge in [-0.25, -0.2) is 12.7 Å². The third-order valence-electron chi connectivity index (χ3n) is 4.51. The molecule has 3 aromatic rings. The number of aryl methyl sites for hydroxylation is 1. The molecule has 0 spiro atoms. The summed E-state index contributed by atoms with van der Waals surface area (Å²) in [4.78, 5) is 4.84. The molecule has 27 heavy (non-hydrogen) atoms. The second-order valence-electron chi connectivity index (χ2n) is 6.34. The number of halogens is 1. The second-order valence-corrected chi connectivity index (χ2v) is 8.64. The van der Waals surface area contributed by atoms with Crippen LogP contribution in [-0.2, 0) is 10.0 Å². The molecule has 0 saturated heterocycles. The standard InChI is InChI=1S/C21H17ClN2O2S/c1-15-6-12-18(13-7-15)27(25,26)24-14-23-21(16-8-10-17(22)11-9-16)19-4-2-3-5-20(19)24/h2-13H,14H2,1H3. The monoisotopic (exact) mass is 396 g/mol. The molecule has 0 atom stereocenters. The molecule has 0 aromatic heterocycles. The Labute approximate surface area is 163 Å². The Balaban J connectivity index is 1.80. The van der Waals surface area contributed by atoms with Crippen LogP contribution in [0.5, 0.6) is 0 Å². The first kappa shape index (κ1) is 17.8. The Morgan fingerprint density at radius 2 is 1.59 bits per heavy atom. The summed E-state index contributed by atoms with van der Waals surface area (Å²) in [5.41, 5.74) is 4.08. The fraction of sp³-hybridized carbons (Fsp3) is 0.0952. The molecule has 6 heteroatoms. The van der Waals surface area contributed by atoms with E-state index in [2.05, 4.69) is 4.99 Å². The van der Waals surface area contributed by atoms with Crippen LogP contribution in [0.1, 0.15) is 16.7 Å². The number of anilines is 1. The number of hydrogen-bond acceptors (Lipinski definition) is 3. The molecule has 1 aliphatic rings. The van der Waals surface area contributed by atoms with Crippen LogP contribution in [0, 0.1) is 6.92 Å². The highest BCUT2D eigenvalue weighted by molar-refractivity contribution is 7.92. The van der Waals surface area contributed by atoms with Gasteiger partial charge in [-0.3, -0.25) is 4.99 Å². The highest BCUT2D eigenvalue weighted by Gasteiger charge is 2.30. The summed E-state index contributed by atoms with van der Waals surface area (Å²) >= 11 is 5.99. The predicted octanol–water partition coefficient (Wildman–Crippen LogP) is 4.65. The first-order valence-corrected chi connectivity index (χ1v) is 10.3. The van der Waals surface area contributed by atoms with Gasteiger partial charge >= 0.3 is 0 Å². The van der Waals surface area contributed by atoms with Gasteiger partial charge in [0.15, 0.2) is 0 Å². The second kappa shape index (κ2) is 6.83. The van der Waals surface area contributed by atoms with Crippen molar-refractivity contribution in [3.8, 4) is 0 Å². The Hall–Kier alpha value is -2.63. The molecule has 0 radical (unpaired) electrons. The summed E-state index contributed by atoms with van der Waals surface area (Å²) in [6.07, 6.45) is 0. The van der Waals surface area contributed by atoms with E-state index >= 15 is 0 Å². The van der Waals surface area contributed by atoms with Crippen LogP contribution in [0.3, 0.4) is 0 Å². The zero-order valence-corrected chi connectivity index (χ0v) is 16.2. The topological polar surface area (TPSA) is 49.7 Å². The van der Waals surface area contributed by atoms with Gasteiger partial charge < -0.3 is 0 Å². The maximum atomic E-state index is 13.2. The molecule has 3 aromatic carbocycles. The van der Waals surface area contributed by atoms with Crippen LogP contribution in [-0.4, -0.2) is 20.8 Å². The number of fused-ring (bicyclic) bond motifs is 1. The van der Waals surface area contributed by atoms with Crippen molar-refractivity contribution in [3.05, 3.63) is 94.5 Å². The molecule has 1 heterocycles. The van der Waals surface area contributed by atoms with Gasteiger partial charge in [0, 0.05) is 16.1 Å². The molecular formula is C21H17ClN2O2S. The average molecular weight is 397 g/mol. The Morgan fingerprint density at radius 1 is 0.926 bits per heavy atom. The zero-order valence-electron chi connectivity index (χ0n) is 14.6. The molecule has 0 amide bonds. The van der Waals surface area contributed by atoms with E-state index < -0.39 is 10.0 Å². The predicted molar refractivity (Wildman–Crippen MR) is 109 cm³/mol. The number of benzene rings is 3. The van der Waals surface area contributed by atoms with Crippen molar-refractivity contribution in [1.82, 2.24) is 0 Å². The Bertz CT molecular complexity index is 1120. The van der Waals surface area contributed by atoms with E-state index in [-0.39, 0.29) is 11.6 Å². The molecule has 0 fully saturated rings. The van der Waals surface area contributed by atoms with Crippen molar-refractivity contribution in [2.24, 2.45) is 4.99 Å². The van der Waals surface area contributed by atoms with E-state index in [4.69, 9.17) is 11.6 Å². The van der Waals surface area contributed by atoms with Crippen LogP contribution in [0.4, 0.5) is 5.69 Å². The molecule has 136 valence electrons. The first-order chi connectivity index (χ1) is 13.0. The van der Waals surface area contributed by atoms with E-state index in [1.165, 1.54) is 4.31 Å². The number of rotatable bonds is 3. The van der Waals surface area contributed by atoms with Crippen molar-refractivity contribution in [2.45, 2.75) is 11.8 Å². The summed E-state index contributed by atoms with van der Waals surface area (Å²) in [6, 6.07) is 21.7. The first-order valence-electron chi connectivity index (χ1n) is 8.46. The number of nitrogens with zero attached hydrogens (tertiary/aromatic N) is 2. The van der Waals surface area contributed by atoms with Gasteiger partial charge in [0.1, 0.15) is 6.67 Å². The van der Waals surface area contributed by atoms with Gasteiger partial charge in [-0.2, -0.15) is 0 Å². The van der Waals surface area contributed by atoms with Gasteiger partial charge in [0.2, 0.25) is 0 Å². The third-order valence-corrected chi connectivity index (χ3v) is 6.52. The number of aliphatic imine (C=N–C) groups is 1. The Kier molecular flexibility index (Phi) is 4.50. The highest BCUT2D eigenvalue weighted by atomic mass is 35.5. The summed E-state index contributed by atoms with van der Waals surface area (Å²) in [6.45, 7) is 1.96. The smallest absolute Gasteiger partial charge is 0.261 e. The minimum absolute atomic E-state index is 0.0329. The van der Waals surface area contributed by atoms with Crippen molar-refractivity contribution in [2.75, 3.05) is 11.0 Å². The average Bonchev–Trinajstić information content (AvgIpc) is 2.68. The van der Waals surface area contributed by atoms with Gasteiger partial charge in [-0.1, -0.05) is 59.6 Å². The van der Waals surface area contributed by atoms with E-state index in [1.807, 2.05) is 43.3 Å². The summed E-state index contributed by atoms with van der Waals surface area (Å²) in [5, 5.41) is 0.645. The largest absolute Gasteiger partial charge is 0.265 e. The molecule has 0 bridgehead atoms. The quantitative estimate of drug-likeness (QED) is 0.646. The van der Waals surface area contributed by atoms with Crippen LogP contribution < -0.4 is 4.31 Å². The van der Waals surface area contributed by atoms with Crippen LogP contribution >= 0.6 is 11.6 Å². The molecular weight excluding hydrogens is 380 g/mol. The van der Waals surface area contributed by atoms with Crippen molar-refractivity contribution < 1.29 is 8.42 Å². The van der Waals surface area contributed by atoms with Gasteiger partial charge in [-0.05, 0) is 37.3 Å². The number of para-hydroxylation sites is 1. The normalized spacial score (nSPS) is 13.9. The minimum atomic E-state index is -3.70. The van der Waals surface area contributed by atoms with Gasteiger partial charge in [-0.15, -0.1) is 0 Å². The fourth-order valence-electron chi connectivity index (χ4n) is 3.09. The zero-order chi connectivity index (χ0) is 19.0.